The Morgan fingerprint density at radius 3 is 2.60 bits per heavy atom. The van der Waals surface area contributed by atoms with Crippen LogP contribution in [0.25, 0.3) is 12.2 Å². The van der Waals surface area contributed by atoms with Crippen molar-refractivity contribution >= 4 is 35.0 Å². The van der Waals surface area contributed by atoms with E-state index in [4.69, 9.17) is 0 Å². The smallest absolute Gasteiger partial charge is 0.244 e. The molecule has 6 nitrogen and oxygen atoms in total. The standard InChI is InChI=1S/C22H26FN3O3S/c1-6-17-11-16(12-18(23)21(17)26(5)30(28)29)14-25-20(27)10-8-15-7-9-19(24-13-15)22(2,3)4/h6-13H,1,14H2,2-5H3,(H,25,27)(H,28,29)/p-1. The first kappa shape index (κ1) is 23.4. The zero-order valence-electron chi connectivity index (χ0n) is 17.4. The zero-order valence-corrected chi connectivity index (χ0v) is 18.3. The van der Waals surface area contributed by atoms with Gasteiger partial charge in [-0.15, -0.1) is 0 Å². The first-order valence-electron chi connectivity index (χ1n) is 9.23. The second-order valence-electron chi connectivity index (χ2n) is 7.71. The summed E-state index contributed by atoms with van der Waals surface area (Å²) in [7, 11) is 1.24. The van der Waals surface area contributed by atoms with Gasteiger partial charge in [-0.1, -0.05) is 39.5 Å². The van der Waals surface area contributed by atoms with Crippen LogP contribution in [0.3, 0.4) is 0 Å². The molecule has 1 aromatic heterocycles. The number of nitrogens with zero attached hydrogens (tertiary/aromatic N) is 2. The van der Waals surface area contributed by atoms with Crippen LogP contribution < -0.4 is 9.62 Å². The molecule has 1 N–H and O–H groups in total. The summed E-state index contributed by atoms with van der Waals surface area (Å²) in [5.74, 6) is -1.07. The van der Waals surface area contributed by atoms with Crippen molar-refractivity contribution in [1.29, 1.82) is 0 Å². The van der Waals surface area contributed by atoms with E-state index in [1.807, 2.05) is 12.1 Å². The number of nitrogens with one attached hydrogen (secondary N) is 1. The van der Waals surface area contributed by atoms with Crippen molar-refractivity contribution in [1.82, 2.24) is 10.3 Å². The van der Waals surface area contributed by atoms with Gasteiger partial charge in [0.05, 0.1) is 5.69 Å². The summed E-state index contributed by atoms with van der Waals surface area (Å²) in [5, 5.41) is 2.67. The predicted octanol–water partition coefficient (Wildman–Crippen LogP) is 3.72. The minimum atomic E-state index is -2.62. The summed E-state index contributed by atoms with van der Waals surface area (Å²) < 4.78 is 37.5. The van der Waals surface area contributed by atoms with Gasteiger partial charge in [-0.3, -0.25) is 14.0 Å². The fraction of sp³-hybridized carbons (Fsp3) is 0.273. The molecule has 1 atom stereocenters. The van der Waals surface area contributed by atoms with Crippen molar-refractivity contribution in [3.8, 4) is 0 Å². The van der Waals surface area contributed by atoms with Gasteiger partial charge in [-0.05, 0) is 35.4 Å². The van der Waals surface area contributed by atoms with E-state index >= 15 is 0 Å². The Morgan fingerprint density at radius 1 is 1.37 bits per heavy atom. The molecular weight excluding hydrogens is 405 g/mol. The number of aromatic nitrogens is 1. The molecule has 2 aromatic rings. The van der Waals surface area contributed by atoms with Crippen LogP contribution in [0.2, 0.25) is 0 Å². The quantitative estimate of drug-likeness (QED) is 0.536. The number of halogens is 1. The highest BCUT2D eigenvalue weighted by atomic mass is 32.2. The Balaban J connectivity index is 2.05. The number of carbonyl (C=O) groups is 1. The van der Waals surface area contributed by atoms with Gasteiger partial charge in [0.2, 0.25) is 5.91 Å². The highest BCUT2D eigenvalue weighted by molar-refractivity contribution is 7.80. The van der Waals surface area contributed by atoms with Gasteiger partial charge >= 0.3 is 0 Å². The van der Waals surface area contributed by atoms with E-state index in [1.165, 1.54) is 25.3 Å². The molecule has 1 aromatic carbocycles. The molecule has 0 bridgehead atoms. The molecule has 0 radical (unpaired) electrons. The molecule has 0 aliphatic carbocycles. The Morgan fingerprint density at radius 2 is 2.07 bits per heavy atom. The van der Waals surface area contributed by atoms with E-state index in [1.54, 1.807) is 18.3 Å². The summed E-state index contributed by atoms with van der Waals surface area (Å²) >= 11 is -2.62. The van der Waals surface area contributed by atoms with Crippen LogP contribution in [-0.2, 0) is 28.0 Å². The third-order valence-corrected chi connectivity index (χ3v) is 4.99. The maximum absolute atomic E-state index is 14.4. The minimum absolute atomic E-state index is 0.0493. The van der Waals surface area contributed by atoms with E-state index in [9.17, 15) is 17.9 Å². The van der Waals surface area contributed by atoms with Gasteiger partial charge < -0.3 is 14.2 Å². The van der Waals surface area contributed by atoms with E-state index in [0.29, 0.717) is 11.1 Å². The Bertz CT molecular complexity index is 982. The summed E-state index contributed by atoms with van der Waals surface area (Å²) in [6, 6.07) is 6.57. The van der Waals surface area contributed by atoms with Crippen molar-refractivity contribution in [2.24, 2.45) is 0 Å². The van der Waals surface area contributed by atoms with Crippen LogP contribution in [0.4, 0.5) is 10.1 Å². The first-order valence-corrected chi connectivity index (χ1v) is 10.3. The van der Waals surface area contributed by atoms with Crippen molar-refractivity contribution in [3.63, 3.8) is 0 Å². The van der Waals surface area contributed by atoms with Gasteiger partial charge in [0, 0.05) is 53.8 Å². The molecule has 1 amide bonds. The molecular formula is C22H25FN3O3S-. The average molecular weight is 431 g/mol. The molecule has 8 heteroatoms. The Kier molecular flexibility index (Phi) is 7.64. The Hall–Kier alpha value is -2.84. The van der Waals surface area contributed by atoms with Gasteiger partial charge in [-0.2, -0.15) is 0 Å². The first-order chi connectivity index (χ1) is 14.0. The van der Waals surface area contributed by atoms with Crippen molar-refractivity contribution < 1.29 is 17.9 Å². The third-order valence-electron chi connectivity index (χ3n) is 4.36. The van der Waals surface area contributed by atoms with Crippen molar-refractivity contribution in [3.05, 3.63) is 71.3 Å². The van der Waals surface area contributed by atoms with Gasteiger partial charge in [0.15, 0.2) is 0 Å². The number of pyridine rings is 1. The number of amides is 1. The number of hydrogen-bond acceptors (Lipinski definition) is 4. The van der Waals surface area contributed by atoms with Gasteiger partial charge in [0.25, 0.3) is 0 Å². The van der Waals surface area contributed by atoms with Gasteiger partial charge in [-0.25, -0.2) is 4.39 Å². The van der Waals surface area contributed by atoms with Crippen LogP contribution in [0, 0.1) is 5.82 Å². The molecule has 0 fully saturated rings. The lowest BCUT2D eigenvalue weighted by molar-refractivity contribution is -0.116. The topological polar surface area (TPSA) is 85.4 Å². The zero-order chi connectivity index (χ0) is 22.5. The largest absolute Gasteiger partial charge is 0.755 e. The van der Waals surface area contributed by atoms with E-state index in [-0.39, 0.29) is 23.6 Å². The summed E-state index contributed by atoms with van der Waals surface area (Å²) in [6.07, 6.45) is 6.08. The number of anilines is 1. The maximum Gasteiger partial charge on any atom is 0.244 e. The Labute approximate surface area is 178 Å². The van der Waals surface area contributed by atoms with Gasteiger partial charge in [0.1, 0.15) is 5.82 Å². The molecule has 0 saturated heterocycles. The normalized spacial score (nSPS) is 12.6. The summed E-state index contributed by atoms with van der Waals surface area (Å²) in [4.78, 5) is 16.5. The summed E-state index contributed by atoms with van der Waals surface area (Å²) in [5.41, 5.74) is 2.39. The van der Waals surface area contributed by atoms with E-state index in [2.05, 4.69) is 37.7 Å². The lowest BCUT2D eigenvalue weighted by atomic mass is 9.91. The monoisotopic (exact) mass is 430 g/mol. The molecule has 2 rings (SSSR count). The lowest BCUT2D eigenvalue weighted by Crippen LogP contribution is -2.23. The van der Waals surface area contributed by atoms with Crippen molar-refractivity contribution in [2.75, 3.05) is 11.4 Å². The van der Waals surface area contributed by atoms with Crippen LogP contribution >= 0.6 is 0 Å². The average Bonchev–Trinajstić information content (AvgIpc) is 2.69. The molecule has 160 valence electrons. The maximum atomic E-state index is 14.4. The number of rotatable bonds is 7. The number of benzene rings is 1. The fourth-order valence-corrected chi connectivity index (χ4v) is 3.05. The fourth-order valence-electron chi connectivity index (χ4n) is 2.71. The van der Waals surface area contributed by atoms with Crippen LogP contribution in [0.5, 0.6) is 0 Å². The van der Waals surface area contributed by atoms with Crippen LogP contribution in [0.1, 0.15) is 43.2 Å². The molecule has 0 aliphatic heterocycles. The SMILES string of the molecule is C=Cc1cc(CNC(=O)C=Cc2ccc(C(C)(C)C)nc2)cc(F)c1N(C)S(=O)[O-]. The molecule has 1 heterocycles. The number of carbonyl (C=O) groups excluding carboxylic acids is 1. The summed E-state index contributed by atoms with van der Waals surface area (Å²) in [6.45, 7) is 9.89. The molecule has 0 aliphatic rings. The van der Waals surface area contributed by atoms with Crippen molar-refractivity contribution in [2.45, 2.75) is 32.7 Å². The van der Waals surface area contributed by atoms with E-state index < -0.39 is 17.1 Å². The molecule has 1 unspecified atom stereocenters. The minimum Gasteiger partial charge on any atom is -0.755 e. The number of hydrogen-bond donors (Lipinski definition) is 1. The van der Waals surface area contributed by atoms with E-state index in [0.717, 1.165) is 15.6 Å². The predicted molar refractivity (Wildman–Crippen MR) is 118 cm³/mol. The van der Waals surface area contributed by atoms with Crippen LogP contribution in [0.15, 0.2) is 43.1 Å². The molecule has 30 heavy (non-hydrogen) atoms. The second-order valence-corrected chi connectivity index (χ2v) is 8.69. The second kappa shape index (κ2) is 9.77. The molecule has 0 saturated carbocycles. The highest BCUT2D eigenvalue weighted by Gasteiger charge is 2.15. The van der Waals surface area contributed by atoms with Crippen LogP contribution in [-0.4, -0.2) is 26.7 Å². The lowest BCUT2D eigenvalue weighted by Gasteiger charge is -2.24. The highest BCUT2D eigenvalue weighted by Crippen LogP contribution is 2.27. The third kappa shape index (κ3) is 6.08. The molecule has 0 spiro atoms.